The summed E-state index contributed by atoms with van der Waals surface area (Å²) >= 11 is 0. The van der Waals surface area contributed by atoms with Crippen molar-refractivity contribution >= 4 is 0 Å². The molecular formula is C13H23NO2. The lowest BCUT2D eigenvalue weighted by molar-refractivity contribution is -0.0231. The minimum absolute atomic E-state index is 0.0549. The zero-order valence-corrected chi connectivity index (χ0v) is 9.81. The van der Waals surface area contributed by atoms with Gasteiger partial charge in [-0.05, 0) is 55.8 Å². The van der Waals surface area contributed by atoms with Gasteiger partial charge in [0, 0.05) is 6.04 Å². The van der Waals surface area contributed by atoms with Gasteiger partial charge >= 0.3 is 0 Å². The maximum atomic E-state index is 9.16. The molecule has 0 atom stereocenters. The van der Waals surface area contributed by atoms with E-state index in [0.717, 1.165) is 23.7 Å². The van der Waals surface area contributed by atoms with E-state index in [0.29, 0.717) is 6.04 Å². The molecule has 0 aromatic heterocycles. The lowest BCUT2D eigenvalue weighted by Gasteiger charge is -2.55. The Morgan fingerprint density at radius 1 is 0.875 bits per heavy atom. The van der Waals surface area contributed by atoms with Crippen LogP contribution in [0.4, 0.5) is 0 Å². The molecule has 0 unspecified atom stereocenters. The van der Waals surface area contributed by atoms with Crippen molar-refractivity contribution in [2.24, 2.45) is 23.7 Å². The molecule has 4 aliphatic carbocycles. The Kier molecular flexibility index (Phi) is 2.94. The Morgan fingerprint density at radius 2 is 1.38 bits per heavy atom. The first kappa shape index (κ1) is 11.0. The molecule has 3 nitrogen and oxygen atoms in total. The van der Waals surface area contributed by atoms with Crippen molar-refractivity contribution in [3.8, 4) is 0 Å². The van der Waals surface area contributed by atoms with Crippen molar-refractivity contribution in [1.82, 2.24) is 5.32 Å². The summed E-state index contributed by atoms with van der Waals surface area (Å²) in [6.07, 6.45) is 7.01. The highest BCUT2D eigenvalue weighted by Gasteiger charge is 2.48. The quantitative estimate of drug-likeness (QED) is 0.662. The van der Waals surface area contributed by atoms with Crippen LogP contribution in [0.15, 0.2) is 0 Å². The molecule has 16 heavy (non-hydrogen) atoms. The van der Waals surface area contributed by atoms with Gasteiger partial charge in [0.1, 0.15) is 0 Å². The number of aliphatic hydroxyl groups excluding tert-OH is 2. The molecule has 0 aromatic rings. The normalized spacial score (nSPS) is 45.6. The first-order chi connectivity index (χ1) is 7.80. The van der Waals surface area contributed by atoms with Crippen LogP contribution in [-0.4, -0.2) is 35.5 Å². The molecule has 3 heteroatoms. The summed E-state index contributed by atoms with van der Waals surface area (Å²) in [5.41, 5.74) is 0. The van der Waals surface area contributed by atoms with Gasteiger partial charge in [-0.1, -0.05) is 0 Å². The van der Waals surface area contributed by atoms with Crippen LogP contribution in [0.1, 0.15) is 32.1 Å². The maximum absolute atomic E-state index is 9.16. The van der Waals surface area contributed by atoms with Crippen molar-refractivity contribution in [3.63, 3.8) is 0 Å². The molecule has 4 aliphatic rings. The maximum Gasteiger partial charge on any atom is 0.0607 e. The zero-order valence-electron chi connectivity index (χ0n) is 9.81. The zero-order chi connectivity index (χ0) is 11.1. The lowest BCUT2D eigenvalue weighted by Crippen LogP contribution is -2.58. The summed E-state index contributed by atoms with van der Waals surface area (Å²) in [6.45, 7) is 0.110. The van der Waals surface area contributed by atoms with Gasteiger partial charge in [0.25, 0.3) is 0 Å². The van der Waals surface area contributed by atoms with Crippen molar-refractivity contribution in [1.29, 1.82) is 0 Å². The Balaban J connectivity index is 1.67. The van der Waals surface area contributed by atoms with Crippen LogP contribution < -0.4 is 5.32 Å². The third-order valence-electron chi connectivity index (χ3n) is 5.10. The van der Waals surface area contributed by atoms with Gasteiger partial charge in [-0.2, -0.15) is 0 Å². The predicted octanol–water partition coefficient (Wildman–Crippen LogP) is 0.754. The van der Waals surface area contributed by atoms with E-state index in [1.54, 1.807) is 0 Å². The van der Waals surface area contributed by atoms with E-state index in [4.69, 9.17) is 10.2 Å². The van der Waals surface area contributed by atoms with E-state index >= 15 is 0 Å². The van der Waals surface area contributed by atoms with Crippen LogP contribution in [0.2, 0.25) is 0 Å². The summed E-state index contributed by atoms with van der Waals surface area (Å²) in [4.78, 5) is 0. The van der Waals surface area contributed by atoms with Crippen LogP contribution in [0, 0.1) is 23.7 Å². The van der Waals surface area contributed by atoms with Gasteiger partial charge in [-0.25, -0.2) is 0 Å². The first-order valence-electron chi connectivity index (χ1n) is 6.78. The van der Waals surface area contributed by atoms with E-state index in [1.165, 1.54) is 32.1 Å². The van der Waals surface area contributed by atoms with Crippen LogP contribution in [0.3, 0.4) is 0 Å². The van der Waals surface area contributed by atoms with E-state index in [2.05, 4.69) is 5.32 Å². The molecule has 4 rings (SSSR count). The number of hydrogen-bond donors (Lipinski definition) is 3. The number of nitrogens with one attached hydrogen (secondary N) is 1. The molecule has 0 heterocycles. The van der Waals surface area contributed by atoms with Gasteiger partial charge in [0.15, 0.2) is 0 Å². The molecule has 4 fully saturated rings. The van der Waals surface area contributed by atoms with Crippen molar-refractivity contribution in [2.45, 2.75) is 44.2 Å². The minimum atomic E-state index is -0.109. The fraction of sp³-hybridized carbons (Fsp3) is 1.00. The highest BCUT2D eigenvalue weighted by Crippen LogP contribution is 2.53. The van der Waals surface area contributed by atoms with E-state index < -0.39 is 0 Å². The average molecular weight is 225 g/mol. The Bertz CT molecular complexity index is 224. The van der Waals surface area contributed by atoms with Crippen LogP contribution in [-0.2, 0) is 0 Å². The third-order valence-corrected chi connectivity index (χ3v) is 5.10. The molecule has 4 saturated carbocycles. The Labute approximate surface area is 97.2 Å². The molecular weight excluding hydrogens is 202 g/mol. The highest BCUT2D eigenvalue weighted by molar-refractivity contribution is 5.01. The number of aliphatic hydroxyl groups is 2. The smallest absolute Gasteiger partial charge is 0.0607 e. The average Bonchev–Trinajstić information content (AvgIpc) is 2.28. The molecule has 0 aliphatic heterocycles. The van der Waals surface area contributed by atoms with Gasteiger partial charge in [0.05, 0.1) is 19.3 Å². The highest BCUT2D eigenvalue weighted by atomic mass is 16.3. The lowest BCUT2D eigenvalue weighted by atomic mass is 9.54. The molecule has 92 valence electrons. The molecule has 3 N–H and O–H groups in total. The number of rotatable bonds is 4. The number of hydrogen-bond acceptors (Lipinski definition) is 3. The Morgan fingerprint density at radius 3 is 1.81 bits per heavy atom. The standard InChI is InChI=1S/C13H23NO2/c15-6-12(7-16)14-13-10-2-8-1-9(4-10)5-11(13)3-8/h8-16H,1-7H2. The largest absolute Gasteiger partial charge is 0.395 e. The van der Waals surface area contributed by atoms with Crippen LogP contribution in [0.5, 0.6) is 0 Å². The summed E-state index contributed by atoms with van der Waals surface area (Å²) < 4.78 is 0. The molecule has 0 radical (unpaired) electrons. The molecule has 0 aromatic carbocycles. The fourth-order valence-corrected chi connectivity index (χ4v) is 4.63. The van der Waals surface area contributed by atoms with Gasteiger partial charge in [-0.15, -0.1) is 0 Å². The first-order valence-corrected chi connectivity index (χ1v) is 6.78. The fourth-order valence-electron chi connectivity index (χ4n) is 4.63. The van der Waals surface area contributed by atoms with Crippen LogP contribution >= 0.6 is 0 Å². The molecule has 0 spiro atoms. The van der Waals surface area contributed by atoms with Crippen molar-refractivity contribution < 1.29 is 10.2 Å². The van der Waals surface area contributed by atoms with Crippen LogP contribution in [0.25, 0.3) is 0 Å². The van der Waals surface area contributed by atoms with Crippen molar-refractivity contribution in [3.05, 3.63) is 0 Å². The monoisotopic (exact) mass is 225 g/mol. The van der Waals surface area contributed by atoms with E-state index in [1.807, 2.05) is 0 Å². The SMILES string of the molecule is OCC(CO)NC1C2CC3CC(C2)CC1C3. The van der Waals surface area contributed by atoms with Crippen molar-refractivity contribution in [2.75, 3.05) is 13.2 Å². The van der Waals surface area contributed by atoms with Gasteiger partial charge in [-0.3, -0.25) is 0 Å². The topological polar surface area (TPSA) is 52.5 Å². The molecule has 0 amide bonds. The predicted molar refractivity (Wildman–Crippen MR) is 61.9 cm³/mol. The second-order valence-electron chi connectivity index (χ2n) is 6.19. The summed E-state index contributed by atoms with van der Waals surface area (Å²) in [5.74, 6) is 3.61. The van der Waals surface area contributed by atoms with Gasteiger partial charge < -0.3 is 15.5 Å². The van der Waals surface area contributed by atoms with E-state index in [-0.39, 0.29) is 19.3 Å². The summed E-state index contributed by atoms with van der Waals surface area (Å²) in [7, 11) is 0. The third kappa shape index (κ3) is 1.79. The van der Waals surface area contributed by atoms with E-state index in [9.17, 15) is 0 Å². The summed E-state index contributed by atoms with van der Waals surface area (Å²) in [6, 6.07) is 0.458. The second-order valence-corrected chi connectivity index (χ2v) is 6.19. The van der Waals surface area contributed by atoms with Gasteiger partial charge in [0.2, 0.25) is 0 Å². The second kappa shape index (κ2) is 4.28. The molecule has 0 saturated heterocycles. The molecule has 4 bridgehead atoms. The summed E-state index contributed by atoms with van der Waals surface area (Å²) in [5, 5.41) is 21.8. The minimum Gasteiger partial charge on any atom is -0.395 e. The Hall–Kier alpha value is -0.120.